The monoisotopic (exact) mass is 452 g/mol. The molecule has 1 aromatic carbocycles. The number of pyridine rings is 1. The number of halogens is 1. The van der Waals surface area contributed by atoms with Crippen LogP contribution in [0.3, 0.4) is 0 Å². The molecule has 2 aromatic rings. The van der Waals surface area contributed by atoms with Crippen LogP contribution in [0.2, 0.25) is 5.02 Å². The van der Waals surface area contributed by atoms with Crippen LogP contribution in [0.25, 0.3) is 0 Å². The standard InChI is InChI=1S/C26H33ClN4O/c27-21-10-11-22-20(17-21)9-8-19-7-6-12-29-24(19)25(22)31-16-13-28-23(18-31)26(32)30-14-4-2-1-3-5-15-30/h6-7,10-12,17,23,25,28H,1-5,8-9,13-16,18H2. The van der Waals surface area contributed by atoms with Crippen molar-refractivity contribution in [1.82, 2.24) is 20.1 Å². The number of benzene rings is 1. The van der Waals surface area contributed by atoms with Gasteiger partial charge in [-0.3, -0.25) is 14.7 Å². The van der Waals surface area contributed by atoms with Crippen molar-refractivity contribution in [1.29, 1.82) is 0 Å². The van der Waals surface area contributed by atoms with Gasteiger partial charge in [-0.15, -0.1) is 0 Å². The number of aromatic nitrogens is 1. The normalized spacial score (nSPS) is 24.6. The number of hydrogen-bond donors (Lipinski definition) is 1. The molecule has 2 saturated heterocycles. The van der Waals surface area contributed by atoms with Crippen LogP contribution >= 0.6 is 11.6 Å². The molecule has 6 heteroatoms. The predicted molar refractivity (Wildman–Crippen MR) is 128 cm³/mol. The van der Waals surface area contributed by atoms with E-state index >= 15 is 0 Å². The SMILES string of the molecule is O=C(C1CN(C2c3ccc(Cl)cc3CCc3cccnc32)CCN1)N1CCCCCCC1. The first kappa shape index (κ1) is 21.9. The molecular formula is C26H33ClN4O. The summed E-state index contributed by atoms with van der Waals surface area (Å²) < 4.78 is 0. The van der Waals surface area contributed by atoms with E-state index in [-0.39, 0.29) is 18.0 Å². The van der Waals surface area contributed by atoms with Gasteiger partial charge < -0.3 is 10.2 Å². The summed E-state index contributed by atoms with van der Waals surface area (Å²) in [6.45, 7) is 4.20. The van der Waals surface area contributed by atoms with Crippen molar-refractivity contribution in [2.45, 2.75) is 57.0 Å². The molecule has 2 aliphatic heterocycles. The average molecular weight is 453 g/mol. The molecule has 1 aliphatic carbocycles. The van der Waals surface area contributed by atoms with Gasteiger partial charge in [-0.05, 0) is 60.6 Å². The Morgan fingerprint density at radius 2 is 1.78 bits per heavy atom. The fourth-order valence-corrected chi connectivity index (χ4v) is 5.81. The largest absolute Gasteiger partial charge is 0.341 e. The van der Waals surface area contributed by atoms with Crippen LogP contribution in [-0.2, 0) is 17.6 Å². The van der Waals surface area contributed by atoms with Gasteiger partial charge in [-0.1, -0.05) is 43.0 Å². The summed E-state index contributed by atoms with van der Waals surface area (Å²) in [5, 5.41) is 4.30. The van der Waals surface area contributed by atoms with Crippen molar-refractivity contribution in [3.8, 4) is 0 Å². The second-order valence-electron chi connectivity index (χ2n) is 9.39. The average Bonchev–Trinajstić information content (AvgIpc) is 2.95. The summed E-state index contributed by atoms with van der Waals surface area (Å²) in [5.41, 5.74) is 5.01. The lowest BCUT2D eigenvalue weighted by Gasteiger charge is -2.40. The quantitative estimate of drug-likeness (QED) is 0.748. The van der Waals surface area contributed by atoms with Gasteiger partial charge in [0.2, 0.25) is 5.91 Å². The molecule has 170 valence electrons. The van der Waals surface area contributed by atoms with Crippen molar-refractivity contribution >= 4 is 17.5 Å². The van der Waals surface area contributed by atoms with E-state index in [1.54, 1.807) is 0 Å². The van der Waals surface area contributed by atoms with Crippen LogP contribution in [-0.4, -0.2) is 59.5 Å². The third kappa shape index (κ3) is 4.57. The van der Waals surface area contributed by atoms with Gasteiger partial charge in [0.25, 0.3) is 0 Å². The first-order valence-corrected chi connectivity index (χ1v) is 12.6. The number of aryl methyl sites for hydroxylation is 2. The Labute approximate surface area is 196 Å². The molecule has 0 spiro atoms. The number of piperazine rings is 1. The Bertz CT molecular complexity index is 957. The van der Waals surface area contributed by atoms with Gasteiger partial charge in [0, 0.05) is 43.9 Å². The number of amides is 1. The molecule has 0 saturated carbocycles. The number of hydrogen-bond acceptors (Lipinski definition) is 4. The van der Waals surface area contributed by atoms with Crippen LogP contribution in [0, 0.1) is 0 Å². The highest BCUT2D eigenvalue weighted by atomic mass is 35.5. The van der Waals surface area contributed by atoms with Crippen molar-refractivity contribution in [3.05, 3.63) is 63.9 Å². The van der Waals surface area contributed by atoms with Gasteiger partial charge in [0.05, 0.1) is 17.8 Å². The van der Waals surface area contributed by atoms with E-state index in [2.05, 4.69) is 33.3 Å². The number of carbonyl (C=O) groups excluding carboxylic acids is 1. The Hall–Kier alpha value is -1.95. The molecule has 1 N–H and O–H groups in total. The fraction of sp³-hybridized carbons (Fsp3) is 0.538. The highest BCUT2D eigenvalue weighted by molar-refractivity contribution is 6.30. The summed E-state index contributed by atoms with van der Waals surface area (Å²) in [4.78, 5) is 22.9. The topological polar surface area (TPSA) is 48.5 Å². The fourth-order valence-electron chi connectivity index (χ4n) is 5.61. The van der Waals surface area contributed by atoms with E-state index in [9.17, 15) is 4.79 Å². The number of carbonyl (C=O) groups is 1. The summed E-state index contributed by atoms with van der Waals surface area (Å²) in [6, 6.07) is 10.4. The summed E-state index contributed by atoms with van der Waals surface area (Å²) in [7, 11) is 0. The summed E-state index contributed by atoms with van der Waals surface area (Å²) in [5.74, 6) is 0.266. The highest BCUT2D eigenvalue weighted by Gasteiger charge is 2.36. The van der Waals surface area contributed by atoms with Crippen LogP contribution in [0.15, 0.2) is 36.5 Å². The first-order valence-electron chi connectivity index (χ1n) is 12.2. The molecule has 0 radical (unpaired) electrons. The van der Waals surface area contributed by atoms with Gasteiger partial charge >= 0.3 is 0 Å². The van der Waals surface area contributed by atoms with Crippen molar-refractivity contribution < 1.29 is 4.79 Å². The second-order valence-corrected chi connectivity index (χ2v) is 9.82. The lowest BCUT2D eigenvalue weighted by atomic mass is 9.95. The van der Waals surface area contributed by atoms with E-state index in [1.807, 2.05) is 18.3 Å². The maximum atomic E-state index is 13.5. The zero-order chi connectivity index (χ0) is 21.9. The van der Waals surface area contributed by atoms with Crippen LogP contribution in [0.1, 0.15) is 60.5 Å². The minimum Gasteiger partial charge on any atom is -0.341 e. The van der Waals surface area contributed by atoms with Crippen LogP contribution in [0.5, 0.6) is 0 Å². The second kappa shape index (κ2) is 9.90. The molecule has 3 aliphatic rings. The number of likely N-dealkylation sites (tertiary alicyclic amines) is 1. The summed E-state index contributed by atoms with van der Waals surface area (Å²) >= 11 is 6.36. The molecule has 5 rings (SSSR count). The molecule has 1 aromatic heterocycles. The van der Waals surface area contributed by atoms with Crippen molar-refractivity contribution in [2.75, 3.05) is 32.7 Å². The molecule has 5 nitrogen and oxygen atoms in total. The number of nitrogens with zero attached hydrogens (tertiary/aromatic N) is 3. The zero-order valence-electron chi connectivity index (χ0n) is 18.7. The van der Waals surface area contributed by atoms with E-state index in [0.717, 1.165) is 62.6 Å². The predicted octanol–water partition coefficient (Wildman–Crippen LogP) is 3.99. The third-order valence-electron chi connectivity index (χ3n) is 7.29. The Kier molecular flexibility index (Phi) is 6.77. The zero-order valence-corrected chi connectivity index (χ0v) is 19.5. The van der Waals surface area contributed by atoms with Crippen molar-refractivity contribution in [2.24, 2.45) is 0 Å². The highest BCUT2D eigenvalue weighted by Crippen LogP contribution is 2.37. The van der Waals surface area contributed by atoms with E-state index < -0.39 is 0 Å². The van der Waals surface area contributed by atoms with Crippen LogP contribution < -0.4 is 5.32 Å². The molecule has 1 amide bonds. The van der Waals surface area contributed by atoms with Gasteiger partial charge in [-0.2, -0.15) is 0 Å². The third-order valence-corrected chi connectivity index (χ3v) is 7.52. The van der Waals surface area contributed by atoms with Gasteiger partial charge in [0.15, 0.2) is 0 Å². The molecule has 2 fully saturated rings. The molecule has 32 heavy (non-hydrogen) atoms. The Morgan fingerprint density at radius 1 is 1.00 bits per heavy atom. The van der Waals surface area contributed by atoms with Crippen molar-refractivity contribution in [3.63, 3.8) is 0 Å². The Morgan fingerprint density at radius 3 is 2.62 bits per heavy atom. The molecule has 0 bridgehead atoms. The lowest BCUT2D eigenvalue weighted by molar-refractivity contribution is -0.135. The van der Waals surface area contributed by atoms with Gasteiger partial charge in [0.1, 0.15) is 0 Å². The number of nitrogens with one attached hydrogen (secondary N) is 1. The van der Waals surface area contributed by atoms with E-state index in [0.29, 0.717) is 6.54 Å². The van der Waals surface area contributed by atoms with Gasteiger partial charge in [-0.25, -0.2) is 0 Å². The summed E-state index contributed by atoms with van der Waals surface area (Å²) in [6.07, 6.45) is 9.84. The Balaban J connectivity index is 1.43. The maximum Gasteiger partial charge on any atom is 0.241 e. The minimum absolute atomic E-state index is 0.0608. The minimum atomic E-state index is -0.158. The first-order chi connectivity index (χ1) is 15.7. The van der Waals surface area contributed by atoms with E-state index in [4.69, 9.17) is 16.6 Å². The maximum absolute atomic E-state index is 13.5. The number of fused-ring (bicyclic) bond motifs is 2. The van der Waals surface area contributed by atoms with Crippen LogP contribution in [0.4, 0.5) is 0 Å². The molecular weight excluding hydrogens is 420 g/mol. The molecule has 2 unspecified atom stereocenters. The molecule has 2 atom stereocenters. The van der Waals surface area contributed by atoms with E-state index in [1.165, 1.54) is 36.0 Å². The molecule has 3 heterocycles. The lowest BCUT2D eigenvalue weighted by Crippen LogP contribution is -2.58. The number of rotatable bonds is 2. The smallest absolute Gasteiger partial charge is 0.241 e.